The summed E-state index contributed by atoms with van der Waals surface area (Å²) in [4.78, 5) is 5.35. The van der Waals surface area contributed by atoms with E-state index in [0.29, 0.717) is 6.04 Å². The molecule has 2 aliphatic heterocycles. The second-order valence-electron chi connectivity index (χ2n) is 6.58. The van der Waals surface area contributed by atoms with Gasteiger partial charge in [-0.2, -0.15) is 0 Å². The number of hydrogen-bond donors (Lipinski definition) is 0. The van der Waals surface area contributed by atoms with Crippen molar-refractivity contribution in [1.29, 1.82) is 0 Å². The lowest BCUT2D eigenvalue weighted by atomic mass is 9.95. The fourth-order valence-corrected chi connectivity index (χ4v) is 3.94. The molecule has 3 rings (SSSR count). The SMILES string of the molecule is CCC1CN2CCCCC2CN1CCc1cccc(F)c1. The van der Waals surface area contributed by atoms with Crippen molar-refractivity contribution in [2.75, 3.05) is 26.2 Å². The van der Waals surface area contributed by atoms with Crippen molar-refractivity contribution in [2.24, 2.45) is 0 Å². The minimum atomic E-state index is -0.114. The van der Waals surface area contributed by atoms with Crippen molar-refractivity contribution >= 4 is 0 Å². The Morgan fingerprint density at radius 2 is 2.14 bits per heavy atom. The van der Waals surface area contributed by atoms with Gasteiger partial charge in [0.05, 0.1) is 0 Å². The van der Waals surface area contributed by atoms with Crippen LogP contribution in [0.5, 0.6) is 0 Å². The van der Waals surface area contributed by atoms with E-state index in [2.05, 4.69) is 16.7 Å². The van der Waals surface area contributed by atoms with Crippen LogP contribution in [0.1, 0.15) is 38.2 Å². The molecule has 0 aromatic heterocycles. The van der Waals surface area contributed by atoms with E-state index < -0.39 is 0 Å². The molecule has 0 spiro atoms. The zero-order valence-electron chi connectivity index (χ0n) is 13.1. The summed E-state index contributed by atoms with van der Waals surface area (Å²) in [6.07, 6.45) is 6.28. The predicted molar refractivity (Wildman–Crippen MR) is 85.0 cm³/mol. The van der Waals surface area contributed by atoms with Crippen LogP contribution >= 0.6 is 0 Å². The van der Waals surface area contributed by atoms with E-state index >= 15 is 0 Å². The molecule has 116 valence electrons. The quantitative estimate of drug-likeness (QED) is 0.839. The molecule has 2 fully saturated rings. The van der Waals surface area contributed by atoms with Gasteiger partial charge in [0.2, 0.25) is 0 Å². The molecule has 1 aromatic carbocycles. The molecule has 2 nitrogen and oxygen atoms in total. The van der Waals surface area contributed by atoms with Crippen LogP contribution in [0.2, 0.25) is 0 Å². The Morgan fingerprint density at radius 3 is 2.95 bits per heavy atom. The number of benzene rings is 1. The van der Waals surface area contributed by atoms with Crippen molar-refractivity contribution in [1.82, 2.24) is 9.80 Å². The van der Waals surface area contributed by atoms with E-state index in [9.17, 15) is 4.39 Å². The highest BCUT2D eigenvalue weighted by atomic mass is 19.1. The van der Waals surface area contributed by atoms with Crippen LogP contribution in [-0.4, -0.2) is 48.1 Å². The number of hydrogen-bond acceptors (Lipinski definition) is 2. The second-order valence-corrected chi connectivity index (χ2v) is 6.58. The molecular formula is C18H27FN2. The maximum Gasteiger partial charge on any atom is 0.123 e. The van der Waals surface area contributed by atoms with Crippen LogP contribution in [-0.2, 0) is 6.42 Å². The molecule has 0 N–H and O–H groups in total. The molecule has 2 saturated heterocycles. The summed E-state index contributed by atoms with van der Waals surface area (Å²) in [6.45, 7) is 7.08. The Hall–Kier alpha value is -0.930. The average Bonchev–Trinajstić information content (AvgIpc) is 2.52. The van der Waals surface area contributed by atoms with Gasteiger partial charge in [0.1, 0.15) is 5.82 Å². The lowest BCUT2D eigenvalue weighted by molar-refractivity contribution is 0.00826. The molecule has 0 radical (unpaired) electrons. The third-order valence-corrected chi connectivity index (χ3v) is 5.20. The lowest BCUT2D eigenvalue weighted by Crippen LogP contribution is -2.59. The second kappa shape index (κ2) is 6.89. The molecule has 2 atom stereocenters. The largest absolute Gasteiger partial charge is 0.298 e. The van der Waals surface area contributed by atoms with Crippen LogP contribution < -0.4 is 0 Å². The summed E-state index contributed by atoms with van der Waals surface area (Å²) in [7, 11) is 0. The van der Waals surface area contributed by atoms with Gasteiger partial charge in [0, 0.05) is 31.7 Å². The molecule has 2 unspecified atom stereocenters. The standard InChI is InChI=1S/C18H27FN2/c1-2-17-13-20-10-4-3-8-18(20)14-21(17)11-9-15-6-5-7-16(19)12-15/h5-7,12,17-18H,2-4,8-11,13-14H2,1H3. The number of piperidine rings is 1. The van der Waals surface area contributed by atoms with Crippen molar-refractivity contribution < 1.29 is 4.39 Å². The molecular weight excluding hydrogens is 263 g/mol. The molecule has 0 bridgehead atoms. The average molecular weight is 290 g/mol. The summed E-state index contributed by atoms with van der Waals surface area (Å²) >= 11 is 0. The van der Waals surface area contributed by atoms with Gasteiger partial charge in [-0.15, -0.1) is 0 Å². The van der Waals surface area contributed by atoms with E-state index in [1.807, 2.05) is 12.1 Å². The first-order valence-electron chi connectivity index (χ1n) is 8.49. The Labute approximate surface area is 127 Å². The van der Waals surface area contributed by atoms with Crippen molar-refractivity contribution in [3.8, 4) is 0 Å². The number of fused-ring (bicyclic) bond motifs is 1. The van der Waals surface area contributed by atoms with E-state index in [4.69, 9.17) is 0 Å². The lowest BCUT2D eigenvalue weighted by Gasteiger charge is -2.48. The molecule has 3 heteroatoms. The van der Waals surface area contributed by atoms with Crippen LogP contribution in [0, 0.1) is 5.82 Å². The Morgan fingerprint density at radius 1 is 1.24 bits per heavy atom. The first-order valence-corrected chi connectivity index (χ1v) is 8.49. The molecule has 0 amide bonds. The zero-order valence-corrected chi connectivity index (χ0v) is 13.1. The van der Waals surface area contributed by atoms with Crippen LogP contribution in [0.3, 0.4) is 0 Å². The third-order valence-electron chi connectivity index (χ3n) is 5.20. The Kier molecular flexibility index (Phi) is 4.91. The molecule has 0 aliphatic carbocycles. The molecule has 21 heavy (non-hydrogen) atoms. The predicted octanol–water partition coefficient (Wildman–Crippen LogP) is 3.32. The maximum atomic E-state index is 13.3. The Bertz CT molecular complexity index is 462. The topological polar surface area (TPSA) is 6.48 Å². The van der Waals surface area contributed by atoms with Crippen LogP contribution in [0.15, 0.2) is 24.3 Å². The number of rotatable bonds is 4. The fourth-order valence-electron chi connectivity index (χ4n) is 3.94. The monoisotopic (exact) mass is 290 g/mol. The van der Waals surface area contributed by atoms with Crippen molar-refractivity contribution in [3.05, 3.63) is 35.6 Å². The number of halogens is 1. The highest BCUT2D eigenvalue weighted by Crippen LogP contribution is 2.25. The van der Waals surface area contributed by atoms with Gasteiger partial charge in [0.15, 0.2) is 0 Å². The highest BCUT2D eigenvalue weighted by molar-refractivity contribution is 5.16. The smallest absolute Gasteiger partial charge is 0.123 e. The zero-order chi connectivity index (χ0) is 14.7. The van der Waals surface area contributed by atoms with E-state index in [1.165, 1.54) is 51.4 Å². The van der Waals surface area contributed by atoms with Gasteiger partial charge in [-0.05, 0) is 49.9 Å². The molecule has 2 heterocycles. The van der Waals surface area contributed by atoms with Crippen LogP contribution in [0.25, 0.3) is 0 Å². The summed E-state index contributed by atoms with van der Waals surface area (Å²) < 4.78 is 13.3. The first kappa shape index (κ1) is 15.0. The first-order chi connectivity index (χ1) is 10.3. The summed E-state index contributed by atoms with van der Waals surface area (Å²) in [6, 6.07) is 8.50. The number of nitrogens with zero attached hydrogens (tertiary/aromatic N) is 2. The van der Waals surface area contributed by atoms with Gasteiger partial charge in [-0.25, -0.2) is 4.39 Å². The van der Waals surface area contributed by atoms with E-state index in [0.717, 1.165) is 24.6 Å². The van der Waals surface area contributed by atoms with Gasteiger partial charge in [0.25, 0.3) is 0 Å². The Balaban J connectivity index is 1.60. The molecule has 0 saturated carbocycles. The van der Waals surface area contributed by atoms with Crippen LogP contribution in [0.4, 0.5) is 4.39 Å². The van der Waals surface area contributed by atoms with Gasteiger partial charge in [-0.3, -0.25) is 9.80 Å². The molecule has 2 aliphatic rings. The fraction of sp³-hybridized carbons (Fsp3) is 0.667. The minimum absolute atomic E-state index is 0.114. The van der Waals surface area contributed by atoms with E-state index in [1.54, 1.807) is 6.07 Å². The van der Waals surface area contributed by atoms with Crippen molar-refractivity contribution in [3.63, 3.8) is 0 Å². The van der Waals surface area contributed by atoms with Gasteiger partial charge < -0.3 is 0 Å². The highest BCUT2D eigenvalue weighted by Gasteiger charge is 2.33. The van der Waals surface area contributed by atoms with Gasteiger partial charge >= 0.3 is 0 Å². The number of piperazine rings is 1. The summed E-state index contributed by atoms with van der Waals surface area (Å²) in [5.41, 5.74) is 1.12. The maximum absolute atomic E-state index is 13.3. The molecule has 1 aromatic rings. The van der Waals surface area contributed by atoms with E-state index in [-0.39, 0.29) is 5.82 Å². The summed E-state index contributed by atoms with van der Waals surface area (Å²) in [5.74, 6) is -0.114. The normalized spacial score (nSPS) is 27.5. The minimum Gasteiger partial charge on any atom is -0.298 e. The third kappa shape index (κ3) is 3.64. The summed E-state index contributed by atoms with van der Waals surface area (Å²) in [5, 5.41) is 0. The van der Waals surface area contributed by atoms with Gasteiger partial charge in [-0.1, -0.05) is 25.5 Å². The van der Waals surface area contributed by atoms with Crippen molar-refractivity contribution in [2.45, 2.75) is 51.1 Å².